The maximum atomic E-state index is 10.2. The average Bonchev–Trinajstić information content (AvgIpc) is 2.12. The molecule has 0 atom stereocenters. The second-order valence-electron chi connectivity index (χ2n) is 2.91. The van der Waals surface area contributed by atoms with Gasteiger partial charge in [0.1, 0.15) is 0 Å². The Labute approximate surface area is 91.4 Å². The molecule has 0 unspecified atom stereocenters. The Kier molecular flexibility index (Phi) is 4.40. The Morgan fingerprint density at radius 1 is 1.50 bits per heavy atom. The zero-order valence-electron chi connectivity index (χ0n) is 7.61. The highest BCUT2D eigenvalue weighted by Gasteiger charge is 1.92. The van der Waals surface area contributed by atoms with Crippen molar-refractivity contribution >= 4 is 21.9 Å². The number of allylic oxidation sites excluding steroid dienone is 1. The molecule has 0 spiro atoms. The average molecular weight is 255 g/mol. The predicted molar refractivity (Wildman–Crippen MR) is 59.2 cm³/mol. The van der Waals surface area contributed by atoms with E-state index in [1.807, 2.05) is 24.3 Å². The van der Waals surface area contributed by atoms with Crippen molar-refractivity contribution in [3.05, 3.63) is 46.5 Å². The summed E-state index contributed by atoms with van der Waals surface area (Å²) in [5.41, 5.74) is 1.20. The summed E-state index contributed by atoms with van der Waals surface area (Å²) in [6.07, 6.45) is 4.47. The monoisotopic (exact) mass is 254 g/mol. The molecule has 14 heavy (non-hydrogen) atoms. The number of carbonyl (C=O) groups is 1. The van der Waals surface area contributed by atoms with E-state index in [1.54, 1.807) is 6.08 Å². The van der Waals surface area contributed by atoms with Crippen LogP contribution in [-0.2, 0) is 11.2 Å². The van der Waals surface area contributed by atoms with Gasteiger partial charge < -0.3 is 5.11 Å². The van der Waals surface area contributed by atoms with Gasteiger partial charge in [0.15, 0.2) is 0 Å². The van der Waals surface area contributed by atoms with Gasteiger partial charge in [-0.25, -0.2) is 4.79 Å². The van der Waals surface area contributed by atoms with Crippen molar-refractivity contribution in [1.82, 2.24) is 0 Å². The van der Waals surface area contributed by atoms with Crippen LogP contribution in [0, 0.1) is 0 Å². The quantitative estimate of drug-likeness (QED) is 0.839. The fourth-order valence-corrected chi connectivity index (χ4v) is 1.57. The largest absolute Gasteiger partial charge is 0.478 e. The summed E-state index contributed by atoms with van der Waals surface area (Å²) in [6.45, 7) is 0. The summed E-state index contributed by atoms with van der Waals surface area (Å²) in [6, 6.07) is 8.00. The van der Waals surface area contributed by atoms with Crippen LogP contribution in [0.3, 0.4) is 0 Å². The lowest BCUT2D eigenvalue weighted by Crippen LogP contribution is -1.87. The molecule has 0 aliphatic rings. The molecule has 0 saturated carbocycles. The standard InChI is InChI=1S/C11H11BrO2/c12-10-6-3-5-9(8-10)4-1-2-7-11(13)14/h2-3,5-8H,1,4H2,(H,13,14)/b7-2+. The van der Waals surface area contributed by atoms with Crippen molar-refractivity contribution in [3.63, 3.8) is 0 Å². The summed E-state index contributed by atoms with van der Waals surface area (Å²) in [5, 5.41) is 8.36. The molecule has 74 valence electrons. The minimum atomic E-state index is -0.890. The number of benzene rings is 1. The number of carboxylic acid groups (broad SMARTS) is 1. The molecule has 0 fully saturated rings. The van der Waals surface area contributed by atoms with Crippen molar-refractivity contribution in [2.75, 3.05) is 0 Å². The Bertz CT molecular complexity index is 345. The van der Waals surface area contributed by atoms with E-state index in [4.69, 9.17) is 5.11 Å². The van der Waals surface area contributed by atoms with Crippen LogP contribution >= 0.6 is 15.9 Å². The summed E-state index contributed by atoms with van der Waals surface area (Å²) >= 11 is 3.38. The summed E-state index contributed by atoms with van der Waals surface area (Å²) in [7, 11) is 0. The summed E-state index contributed by atoms with van der Waals surface area (Å²) in [4.78, 5) is 10.2. The molecule has 1 N–H and O–H groups in total. The van der Waals surface area contributed by atoms with Crippen molar-refractivity contribution in [2.45, 2.75) is 12.8 Å². The minimum Gasteiger partial charge on any atom is -0.478 e. The highest BCUT2D eigenvalue weighted by molar-refractivity contribution is 9.10. The van der Waals surface area contributed by atoms with Gasteiger partial charge in [-0.15, -0.1) is 0 Å². The molecule has 2 nitrogen and oxygen atoms in total. The van der Waals surface area contributed by atoms with E-state index >= 15 is 0 Å². The van der Waals surface area contributed by atoms with Crippen molar-refractivity contribution < 1.29 is 9.90 Å². The van der Waals surface area contributed by atoms with Crippen molar-refractivity contribution in [1.29, 1.82) is 0 Å². The number of aliphatic carboxylic acids is 1. The van der Waals surface area contributed by atoms with E-state index in [0.29, 0.717) is 0 Å². The van der Waals surface area contributed by atoms with Gasteiger partial charge in [-0.05, 0) is 30.5 Å². The third-order valence-electron chi connectivity index (χ3n) is 1.75. The molecule has 1 aromatic rings. The molecule has 0 aliphatic heterocycles. The van der Waals surface area contributed by atoms with Crippen molar-refractivity contribution in [2.24, 2.45) is 0 Å². The lowest BCUT2D eigenvalue weighted by Gasteiger charge is -1.98. The third kappa shape index (κ3) is 4.23. The molecule has 0 heterocycles. The van der Waals surface area contributed by atoms with Gasteiger partial charge in [-0.2, -0.15) is 0 Å². The van der Waals surface area contributed by atoms with Crippen LogP contribution in [0.15, 0.2) is 40.9 Å². The van der Waals surface area contributed by atoms with E-state index in [1.165, 1.54) is 11.6 Å². The number of aryl methyl sites for hydroxylation is 1. The highest BCUT2D eigenvalue weighted by Crippen LogP contribution is 2.12. The number of hydrogen-bond donors (Lipinski definition) is 1. The van der Waals surface area contributed by atoms with Gasteiger partial charge in [0, 0.05) is 10.5 Å². The maximum Gasteiger partial charge on any atom is 0.327 e. The second kappa shape index (κ2) is 5.60. The molecule has 0 aromatic heterocycles. The van der Waals surface area contributed by atoms with E-state index in [2.05, 4.69) is 15.9 Å². The van der Waals surface area contributed by atoms with E-state index in [9.17, 15) is 4.79 Å². The van der Waals surface area contributed by atoms with E-state index in [0.717, 1.165) is 17.3 Å². The second-order valence-corrected chi connectivity index (χ2v) is 3.82. The Morgan fingerprint density at radius 3 is 2.93 bits per heavy atom. The third-order valence-corrected chi connectivity index (χ3v) is 2.24. The molecule has 0 bridgehead atoms. The maximum absolute atomic E-state index is 10.2. The van der Waals surface area contributed by atoms with Gasteiger partial charge in [0.25, 0.3) is 0 Å². The zero-order valence-corrected chi connectivity index (χ0v) is 9.20. The molecule has 0 aliphatic carbocycles. The fourth-order valence-electron chi connectivity index (χ4n) is 1.13. The van der Waals surface area contributed by atoms with Crippen LogP contribution in [0.5, 0.6) is 0 Å². The zero-order chi connectivity index (χ0) is 10.4. The first kappa shape index (κ1) is 11.0. The summed E-state index contributed by atoms with van der Waals surface area (Å²) < 4.78 is 1.05. The number of halogens is 1. The van der Waals surface area contributed by atoms with Gasteiger partial charge in [0.05, 0.1) is 0 Å². The molecule has 3 heteroatoms. The smallest absolute Gasteiger partial charge is 0.327 e. The Hall–Kier alpha value is -1.09. The van der Waals surface area contributed by atoms with Crippen LogP contribution in [-0.4, -0.2) is 11.1 Å². The van der Waals surface area contributed by atoms with E-state index in [-0.39, 0.29) is 0 Å². The first-order valence-electron chi connectivity index (χ1n) is 4.32. The van der Waals surface area contributed by atoms with Crippen LogP contribution in [0.1, 0.15) is 12.0 Å². The molecular weight excluding hydrogens is 244 g/mol. The van der Waals surface area contributed by atoms with Crippen LogP contribution in [0.2, 0.25) is 0 Å². The normalized spacial score (nSPS) is 10.6. The van der Waals surface area contributed by atoms with Gasteiger partial charge in [-0.3, -0.25) is 0 Å². The molecule has 1 aromatic carbocycles. The predicted octanol–water partition coefficient (Wildman–Crippen LogP) is 3.02. The number of rotatable bonds is 4. The lowest BCUT2D eigenvalue weighted by atomic mass is 10.1. The minimum absolute atomic E-state index is 0.753. The number of carboxylic acids is 1. The Morgan fingerprint density at radius 2 is 2.29 bits per heavy atom. The molecule has 0 amide bonds. The van der Waals surface area contributed by atoms with Crippen LogP contribution in [0.4, 0.5) is 0 Å². The molecular formula is C11H11BrO2. The lowest BCUT2D eigenvalue weighted by molar-refractivity contribution is -0.131. The topological polar surface area (TPSA) is 37.3 Å². The highest BCUT2D eigenvalue weighted by atomic mass is 79.9. The van der Waals surface area contributed by atoms with Crippen LogP contribution in [0.25, 0.3) is 0 Å². The van der Waals surface area contributed by atoms with Gasteiger partial charge >= 0.3 is 5.97 Å². The SMILES string of the molecule is O=C(O)/C=C/CCc1cccc(Br)c1. The van der Waals surface area contributed by atoms with E-state index < -0.39 is 5.97 Å². The van der Waals surface area contributed by atoms with Gasteiger partial charge in [0.2, 0.25) is 0 Å². The molecule has 1 rings (SSSR count). The first-order chi connectivity index (χ1) is 6.68. The number of hydrogen-bond acceptors (Lipinski definition) is 1. The Balaban J connectivity index is 2.42. The summed E-state index contributed by atoms with van der Waals surface area (Å²) in [5.74, 6) is -0.890. The van der Waals surface area contributed by atoms with Crippen molar-refractivity contribution in [3.8, 4) is 0 Å². The molecule has 0 saturated heterocycles. The van der Waals surface area contributed by atoms with Gasteiger partial charge in [-0.1, -0.05) is 34.1 Å². The molecule has 0 radical (unpaired) electrons. The van der Waals surface area contributed by atoms with Crippen LogP contribution < -0.4 is 0 Å². The first-order valence-corrected chi connectivity index (χ1v) is 5.11. The fraction of sp³-hybridized carbons (Fsp3) is 0.182.